The zero-order chi connectivity index (χ0) is 23.0. The summed E-state index contributed by atoms with van der Waals surface area (Å²) < 4.78 is 5.70. The summed E-state index contributed by atoms with van der Waals surface area (Å²) >= 11 is 6.01. The van der Waals surface area contributed by atoms with Crippen molar-refractivity contribution in [2.75, 3.05) is 4.90 Å². The number of urea groups is 1. The van der Waals surface area contributed by atoms with Crippen LogP contribution in [0.4, 0.5) is 10.5 Å². The lowest BCUT2D eigenvalue weighted by atomic mass is 10.1. The Balaban J connectivity index is 1.67. The predicted octanol–water partition coefficient (Wildman–Crippen LogP) is 4.27. The van der Waals surface area contributed by atoms with E-state index < -0.39 is 23.8 Å². The number of carboxylic acids is 1. The van der Waals surface area contributed by atoms with Gasteiger partial charge in [-0.3, -0.25) is 14.9 Å². The van der Waals surface area contributed by atoms with Crippen LogP contribution in [-0.4, -0.2) is 28.9 Å². The minimum atomic E-state index is -1.15. The molecule has 2 heterocycles. The lowest BCUT2D eigenvalue weighted by Gasteiger charge is -2.27. The van der Waals surface area contributed by atoms with Gasteiger partial charge >= 0.3 is 12.0 Å². The number of carbonyl (C=O) groups is 4. The Morgan fingerprint density at radius 2 is 1.84 bits per heavy atom. The van der Waals surface area contributed by atoms with Crippen LogP contribution >= 0.6 is 11.6 Å². The maximum atomic E-state index is 13.0. The molecule has 1 aromatic heterocycles. The van der Waals surface area contributed by atoms with Crippen molar-refractivity contribution in [3.63, 3.8) is 0 Å². The minimum Gasteiger partial charge on any atom is -0.478 e. The van der Waals surface area contributed by atoms with E-state index in [9.17, 15) is 19.2 Å². The molecule has 8 nitrogen and oxygen atoms in total. The molecule has 2 N–H and O–H groups in total. The summed E-state index contributed by atoms with van der Waals surface area (Å²) in [7, 11) is 0. The topological polar surface area (TPSA) is 117 Å². The number of amides is 4. The van der Waals surface area contributed by atoms with Crippen LogP contribution in [0.2, 0.25) is 5.02 Å². The summed E-state index contributed by atoms with van der Waals surface area (Å²) in [6.45, 7) is 1.75. The van der Waals surface area contributed by atoms with Gasteiger partial charge < -0.3 is 9.52 Å². The Hall–Kier alpha value is -4.17. The van der Waals surface area contributed by atoms with E-state index in [1.54, 1.807) is 37.3 Å². The molecule has 0 aliphatic carbocycles. The number of hydrogen-bond donors (Lipinski definition) is 2. The number of benzene rings is 2. The number of carboxylic acid groups (broad SMARTS) is 1. The summed E-state index contributed by atoms with van der Waals surface area (Å²) in [5.74, 6) is -2.22. The first kappa shape index (κ1) is 21.1. The van der Waals surface area contributed by atoms with Crippen LogP contribution in [0.1, 0.15) is 21.7 Å². The van der Waals surface area contributed by atoms with Gasteiger partial charge in [-0.2, -0.15) is 0 Å². The van der Waals surface area contributed by atoms with Crippen molar-refractivity contribution < 1.29 is 28.7 Å². The quantitative estimate of drug-likeness (QED) is 0.452. The van der Waals surface area contributed by atoms with E-state index in [1.807, 2.05) is 0 Å². The fourth-order valence-electron chi connectivity index (χ4n) is 3.26. The van der Waals surface area contributed by atoms with Crippen molar-refractivity contribution in [1.82, 2.24) is 5.32 Å². The molecule has 1 aliphatic rings. The molecule has 4 amide bonds. The fourth-order valence-corrected chi connectivity index (χ4v) is 3.52. The number of aryl methyl sites for hydroxylation is 1. The Labute approximate surface area is 186 Å². The third-order valence-electron chi connectivity index (χ3n) is 4.86. The molecule has 1 aliphatic heterocycles. The maximum Gasteiger partial charge on any atom is 0.337 e. The summed E-state index contributed by atoms with van der Waals surface area (Å²) in [4.78, 5) is 49.7. The van der Waals surface area contributed by atoms with Crippen molar-refractivity contribution in [3.05, 3.63) is 82.1 Å². The van der Waals surface area contributed by atoms with Crippen molar-refractivity contribution in [3.8, 4) is 11.3 Å². The van der Waals surface area contributed by atoms with Crippen LogP contribution in [0.25, 0.3) is 17.4 Å². The Morgan fingerprint density at radius 3 is 2.53 bits per heavy atom. The molecular formula is C23H15ClN2O6. The normalized spacial score (nSPS) is 15.2. The number of furan rings is 1. The van der Waals surface area contributed by atoms with Crippen LogP contribution in [0.5, 0.6) is 0 Å². The number of imide groups is 2. The van der Waals surface area contributed by atoms with E-state index in [4.69, 9.17) is 21.1 Å². The molecule has 0 unspecified atom stereocenters. The SMILES string of the molecule is Cc1ccccc1N1C(=O)NC(=O)/C(=C\c2ccc(-c3ccc(C(=O)O)c(Cl)c3)o2)C1=O. The Kier molecular flexibility index (Phi) is 5.38. The van der Waals surface area contributed by atoms with Gasteiger partial charge in [0.1, 0.15) is 17.1 Å². The number of anilines is 1. The Bertz CT molecular complexity index is 1320. The molecule has 9 heteroatoms. The van der Waals surface area contributed by atoms with Gasteiger partial charge in [0.15, 0.2) is 0 Å². The number of carbonyl (C=O) groups excluding carboxylic acids is 3. The van der Waals surface area contributed by atoms with Crippen LogP contribution < -0.4 is 10.2 Å². The number of halogens is 1. The average Bonchev–Trinajstić information content (AvgIpc) is 3.21. The van der Waals surface area contributed by atoms with E-state index in [1.165, 1.54) is 30.3 Å². The van der Waals surface area contributed by atoms with Gasteiger partial charge in [-0.25, -0.2) is 14.5 Å². The van der Waals surface area contributed by atoms with E-state index in [-0.39, 0.29) is 21.9 Å². The minimum absolute atomic E-state index is 0.0422. The number of barbiturate groups is 1. The average molecular weight is 451 g/mol. The van der Waals surface area contributed by atoms with Crippen molar-refractivity contribution in [1.29, 1.82) is 0 Å². The first-order chi connectivity index (χ1) is 15.3. The van der Waals surface area contributed by atoms with Crippen LogP contribution in [0.15, 0.2) is 64.6 Å². The number of para-hydroxylation sites is 1. The summed E-state index contributed by atoms with van der Waals surface area (Å²) in [6, 6.07) is 13.4. The number of nitrogens with one attached hydrogen (secondary N) is 1. The molecule has 160 valence electrons. The van der Waals surface area contributed by atoms with Crippen molar-refractivity contribution >= 4 is 47.2 Å². The van der Waals surface area contributed by atoms with Gasteiger partial charge in [0.05, 0.1) is 16.3 Å². The fraction of sp³-hybridized carbons (Fsp3) is 0.0435. The molecule has 0 atom stereocenters. The van der Waals surface area contributed by atoms with Crippen LogP contribution in [0.3, 0.4) is 0 Å². The molecule has 0 bridgehead atoms. The zero-order valence-corrected chi connectivity index (χ0v) is 17.3. The number of hydrogen-bond acceptors (Lipinski definition) is 5. The largest absolute Gasteiger partial charge is 0.478 e. The number of nitrogens with zero attached hydrogens (tertiary/aromatic N) is 1. The van der Waals surface area contributed by atoms with Gasteiger partial charge in [0, 0.05) is 5.56 Å². The lowest BCUT2D eigenvalue weighted by Crippen LogP contribution is -2.54. The van der Waals surface area contributed by atoms with E-state index in [0.717, 1.165) is 4.90 Å². The third-order valence-corrected chi connectivity index (χ3v) is 5.17. The van der Waals surface area contributed by atoms with Gasteiger partial charge in [0.2, 0.25) is 0 Å². The highest BCUT2D eigenvalue weighted by atomic mass is 35.5. The van der Waals surface area contributed by atoms with Gasteiger partial charge in [-0.05, 0) is 48.9 Å². The molecule has 32 heavy (non-hydrogen) atoms. The van der Waals surface area contributed by atoms with E-state index in [2.05, 4.69) is 5.32 Å². The highest BCUT2D eigenvalue weighted by molar-refractivity contribution is 6.39. The summed E-state index contributed by atoms with van der Waals surface area (Å²) in [6.07, 6.45) is 1.24. The van der Waals surface area contributed by atoms with E-state index >= 15 is 0 Å². The molecule has 0 saturated carbocycles. The van der Waals surface area contributed by atoms with Crippen molar-refractivity contribution in [2.45, 2.75) is 6.92 Å². The highest BCUT2D eigenvalue weighted by Crippen LogP contribution is 2.29. The molecule has 2 aromatic carbocycles. The van der Waals surface area contributed by atoms with Gasteiger partial charge in [0.25, 0.3) is 11.8 Å². The standard InChI is InChI=1S/C23H15ClN2O6/c1-12-4-2-3-5-18(12)26-21(28)16(20(27)25-23(26)31)11-14-7-9-19(32-14)13-6-8-15(22(29)30)17(24)10-13/h2-11H,1H3,(H,29,30)(H,25,27,31)/b16-11+. The molecule has 1 saturated heterocycles. The smallest absolute Gasteiger partial charge is 0.337 e. The monoisotopic (exact) mass is 450 g/mol. The van der Waals surface area contributed by atoms with E-state index in [0.29, 0.717) is 22.6 Å². The molecule has 0 spiro atoms. The van der Waals surface area contributed by atoms with Crippen molar-refractivity contribution in [2.24, 2.45) is 0 Å². The second-order valence-electron chi connectivity index (χ2n) is 6.95. The molecular weight excluding hydrogens is 436 g/mol. The first-order valence-electron chi connectivity index (χ1n) is 9.36. The van der Waals surface area contributed by atoms with Gasteiger partial charge in [-0.1, -0.05) is 35.9 Å². The molecule has 0 radical (unpaired) electrons. The first-order valence-corrected chi connectivity index (χ1v) is 9.74. The lowest BCUT2D eigenvalue weighted by molar-refractivity contribution is -0.122. The Morgan fingerprint density at radius 1 is 1.09 bits per heavy atom. The molecule has 4 rings (SSSR count). The predicted molar refractivity (Wildman–Crippen MR) is 116 cm³/mol. The maximum absolute atomic E-state index is 13.0. The van der Waals surface area contributed by atoms with Crippen LogP contribution in [0, 0.1) is 6.92 Å². The van der Waals surface area contributed by atoms with Gasteiger partial charge in [-0.15, -0.1) is 0 Å². The molecule has 1 fully saturated rings. The summed E-state index contributed by atoms with van der Waals surface area (Å²) in [5.41, 5.74) is 1.25. The second-order valence-corrected chi connectivity index (χ2v) is 7.35. The zero-order valence-electron chi connectivity index (χ0n) is 16.6. The van der Waals surface area contributed by atoms with Crippen LogP contribution in [-0.2, 0) is 9.59 Å². The molecule has 3 aromatic rings. The summed E-state index contributed by atoms with van der Waals surface area (Å²) in [5, 5.41) is 11.3. The second kappa shape index (κ2) is 8.16. The number of aromatic carboxylic acids is 1. The number of rotatable bonds is 4. The third kappa shape index (κ3) is 3.79. The highest BCUT2D eigenvalue weighted by Gasteiger charge is 2.37.